The van der Waals surface area contributed by atoms with Crippen molar-refractivity contribution in [2.45, 2.75) is 13.2 Å². The molecule has 0 fully saturated rings. The summed E-state index contributed by atoms with van der Waals surface area (Å²) in [5, 5.41) is 0.338. The van der Waals surface area contributed by atoms with Crippen LogP contribution in [-0.4, -0.2) is 6.29 Å². The molecule has 3 aromatic rings. The number of ether oxygens (including phenoxy) is 2. The first-order chi connectivity index (χ1) is 12.3. The van der Waals surface area contributed by atoms with E-state index in [-0.39, 0.29) is 0 Å². The summed E-state index contributed by atoms with van der Waals surface area (Å²) in [7, 11) is 0. The van der Waals surface area contributed by atoms with Crippen LogP contribution < -0.4 is 9.47 Å². The van der Waals surface area contributed by atoms with Gasteiger partial charge in [0.1, 0.15) is 13.2 Å². The van der Waals surface area contributed by atoms with Crippen molar-refractivity contribution in [1.82, 2.24) is 0 Å². The Morgan fingerprint density at radius 1 is 0.760 bits per heavy atom. The molecule has 126 valence electrons. The van der Waals surface area contributed by atoms with Gasteiger partial charge in [-0.05, 0) is 17.2 Å². The number of hydrogen-bond acceptors (Lipinski definition) is 3. The molecule has 4 heteroatoms. The molecular weight excluding hydrogens is 336 g/mol. The minimum absolute atomic E-state index is 0.338. The zero-order valence-electron chi connectivity index (χ0n) is 13.5. The third kappa shape index (κ3) is 4.61. The highest BCUT2D eigenvalue weighted by molar-refractivity contribution is 6.33. The Morgan fingerprint density at radius 2 is 1.24 bits per heavy atom. The Balaban J connectivity index is 1.79. The van der Waals surface area contributed by atoms with Crippen LogP contribution in [0.5, 0.6) is 11.5 Å². The second-order valence-electron chi connectivity index (χ2n) is 5.49. The number of rotatable bonds is 7. The minimum Gasteiger partial charge on any atom is -0.485 e. The Kier molecular flexibility index (Phi) is 5.70. The molecule has 0 aliphatic carbocycles. The number of hydrogen-bond donors (Lipinski definition) is 0. The van der Waals surface area contributed by atoms with Gasteiger partial charge < -0.3 is 9.47 Å². The maximum absolute atomic E-state index is 11.2. The molecule has 0 saturated heterocycles. The molecule has 3 nitrogen and oxygen atoms in total. The van der Waals surface area contributed by atoms with Gasteiger partial charge in [-0.3, -0.25) is 4.79 Å². The van der Waals surface area contributed by atoms with E-state index in [0.29, 0.717) is 41.6 Å². The van der Waals surface area contributed by atoms with Crippen molar-refractivity contribution in [3.8, 4) is 11.5 Å². The topological polar surface area (TPSA) is 35.5 Å². The SMILES string of the molecule is O=Cc1cc(OCc2ccccc2)c(OCc2ccccc2)cc1Cl. The van der Waals surface area contributed by atoms with E-state index >= 15 is 0 Å². The molecule has 0 bridgehead atoms. The highest BCUT2D eigenvalue weighted by Crippen LogP contribution is 2.34. The number of aldehydes is 1. The minimum atomic E-state index is 0.338. The molecule has 0 saturated carbocycles. The van der Waals surface area contributed by atoms with E-state index in [1.54, 1.807) is 12.1 Å². The lowest BCUT2D eigenvalue weighted by Gasteiger charge is -2.14. The predicted octanol–water partition coefficient (Wildman–Crippen LogP) is 5.31. The van der Waals surface area contributed by atoms with Crippen LogP contribution in [0.25, 0.3) is 0 Å². The summed E-state index contributed by atoms with van der Waals surface area (Å²) in [4.78, 5) is 11.2. The second kappa shape index (κ2) is 8.36. The van der Waals surface area contributed by atoms with E-state index in [4.69, 9.17) is 21.1 Å². The fourth-order valence-electron chi connectivity index (χ4n) is 2.34. The summed E-state index contributed by atoms with van der Waals surface area (Å²) in [6, 6.07) is 22.8. The largest absolute Gasteiger partial charge is 0.485 e. The second-order valence-corrected chi connectivity index (χ2v) is 5.89. The summed E-state index contributed by atoms with van der Waals surface area (Å²) in [5.41, 5.74) is 2.43. The van der Waals surface area contributed by atoms with E-state index in [1.807, 2.05) is 60.7 Å². The van der Waals surface area contributed by atoms with E-state index < -0.39 is 0 Å². The molecule has 0 N–H and O–H groups in total. The van der Waals surface area contributed by atoms with E-state index in [2.05, 4.69) is 0 Å². The zero-order valence-corrected chi connectivity index (χ0v) is 14.3. The lowest BCUT2D eigenvalue weighted by atomic mass is 10.2. The normalized spacial score (nSPS) is 10.3. The molecule has 3 rings (SSSR count). The fraction of sp³-hybridized carbons (Fsp3) is 0.0952. The lowest BCUT2D eigenvalue weighted by molar-refractivity contribution is 0.112. The van der Waals surface area contributed by atoms with Crippen LogP contribution in [-0.2, 0) is 13.2 Å². The summed E-state index contributed by atoms with van der Waals surface area (Å²) < 4.78 is 11.7. The average Bonchev–Trinajstić information content (AvgIpc) is 2.67. The Hall–Kier alpha value is -2.78. The predicted molar refractivity (Wildman–Crippen MR) is 98.4 cm³/mol. The summed E-state index contributed by atoms with van der Waals surface area (Å²) >= 11 is 6.13. The first-order valence-electron chi connectivity index (χ1n) is 7.88. The fourth-order valence-corrected chi connectivity index (χ4v) is 2.54. The van der Waals surface area contributed by atoms with E-state index in [1.165, 1.54) is 0 Å². The summed E-state index contributed by atoms with van der Waals surface area (Å²) in [6.07, 6.45) is 0.707. The van der Waals surface area contributed by atoms with Gasteiger partial charge in [-0.15, -0.1) is 0 Å². The molecule has 0 amide bonds. The quantitative estimate of drug-likeness (QED) is 0.540. The van der Waals surface area contributed by atoms with Crippen molar-refractivity contribution in [3.63, 3.8) is 0 Å². The third-order valence-corrected chi connectivity index (χ3v) is 3.99. The van der Waals surface area contributed by atoms with Crippen molar-refractivity contribution < 1.29 is 14.3 Å². The number of carbonyl (C=O) groups is 1. The zero-order chi connectivity index (χ0) is 17.5. The molecule has 0 aliphatic heterocycles. The standard InChI is InChI=1S/C21H17ClO3/c22-19-12-21(25-15-17-9-5-2-6-10-17)20(11-18(19)13-23)24-14-16-7-3-1-4-8-16/h1-13H,14-15H2. The highest BCUT2D eigenvalue weighted by atomic mass is 35.5. The number of halogens is 1. The van der Waals surface area contributed by atoms with Gasteiger partial charge in [-0.1, -0.05) is 72.3 Å². The average molecular weight is 353 g/mol. The molecule has 0 aromatic heterocycles. The summed E-state index contributed by atoms with van der Waals surface area (Å²) in [5.74, 6) is 1.00. The van der Waals surface area contributed by atoms with Crippen molar-refractivity contribution in [1.29, 1.82) is 0 Å². The van der Waals surface area contributed by atoms with Crippen molar-refractivity contribution in [2.24, 2.45) is 0 Å². The van der Waals surface area contributed by atoms with Gasteiger partial charge in [0, 0.05) is 11.6 Å². The van der Waals surface area contributed by atoms with Gasteiger partial charge in [0.2, 0.25) is 0 Å². The molecule has 0 aliphatic rings. The molecule has 0 heterocycles. The Morgan fingerprint density at radius 3 is 1.72 bits per heavy atom. The van der Waals surface area contributed by atoms with Gasteiger partial charge >= 0.3 is 0 Å². The first-order valence-corrected chi connectivity index (χ1v) is 8.26. The molecule has 0 radical (unpaired) electrons. The van der Waals surface area contributed by atoms with Gasteiger partial charge in [-0.25, -0.2) is 0 Å². The van der Waals surface area contributed by atoms with Gasteiger partial charge in [0.15, 0.2) is 17.8 Å². The van der Waals surface area contributed by atoms with Gasteiger partial charge in [0.05, 0.1) is 5.02 Å². The smallest absolute Gasteiger partial charge is 0.163 e. The maximum atomic E-state index is 11.2. The van der Waals surface area contributed by atoms with Crippen LogP contribution in [0.1, 0.15) is 21.5 Å². The van der Waals surface area contributed by atoms with Gasteiger partial charge in [-0.2, -0.15) is 0 Å². The molecule has 0 spiro atoms. The highest BCUT2D eigenvalue weighted by Gasteiger charge is 2.12. The van der Waals surface area contributed by atoms with Crippen LogP contribution in [0.4, 0.5) is 0 Å². The Labute approximate surface area is 151 Å². The van der Waals surface area contributed by atoms with Crippen molar-refractivity contribution in [2.75, 3.05) is 0 Å². The lowest BCUT2D eigenvalue weighted by Crippen LogP contribution is -2.01. The van der Waals surface area contributed by atoms with E-state index in [9.17, 15) is 4.79 Å². The van der Waals surface area contributed by atoms with E-state index in [0.717, 1.165) is 11.1 Å². The number of benzene rings is 3. The molecule has 0 unspecified atom stereocenters. The van der Waals surface area contributed by atoms with Crippen LogP contribution in [0.2, 0.25) is 5.02 Å². The molecule has 3 aromatic carbocycles. The van der Waals surface area contributed by atoms with Crippen LogP contribution in [0.15, 0.2) is 72.8 Å². The number of carbonyl (C=O) groups excluding carboxylic acids is 1. The molecule has 0 atom stereocenters. The molecular formula is C21H17ClO3. The summed E-state index contributed by atoms with van der Waals surface area (Å²) in [6.45, 7) is 0.766. The van der Waals surface area contributed by atoms with Crippen LogP contribution in [0, 0.1) is 0 Å². The van der Waals surface area contributed by atoms with Crippen molar-refractivity contribution >= 4 is 17.9 Å². The van der Waals surface area contributed by atoms with Gasteiger partial charge in [0.25, 0.3) is 0 Å². The third-order valence-electron chi connectivity index (χ3n) is 3.66. The first kappa shape index (κ1) is 17.1. The van der Waals surface area contributed by atoms with Crippen molar-refractivity contribution in [3.05, 3.63) is 94.5 Å². The monoisotopic (exact) mass is 352 g/mol. The maximum Gasteiger partial charge on any atom is 0.163 e. The molecule has 25 heavy (non-hydrogen) atoms. The Bertz CT molecular complexity index is 833. The van der Waals surface area contributed by atoms with Crippen LogP contribution >= 0.6 is 11.6 Å². The van der Waals surface area contributed by atoms with Crippen LogP contribution in [0.3, 0.4) is 0 Å².